The van der Waals surface area contributed by atoms with E-state index in [4.69, 9.17) is 14.0 Å². The molecule has 0 amide bonds. The van der Waals surface area contributed by atoms with E-state index >= 15 is 0 Å². The number of rotatable bonds is 9. The Morgan fingerprint density at radius 2 is 0.850 bits per heavy atom. The van der Waals surface area contributed by atoms with Gasteiger partial charge >= 0.3 is 17.9 Å². The van der Waals surface area contributed by atoms with Crippen LogP contribution in [0.4, 0.5) is 0 Å². The molecule has 0 aromatic heterocycles. The minimum absolute atomic E-state index is 0.461. The lowest BCUT2D eigenvalue weighted by atomic mass is 10.1. The van der Waals surface area contributed by atoms with Crippen LogP contribution < -0.4 is 9.47 Å². The van der Waals surface area contributed by atoms with Crippen molar-refractivity contribution in [2.24, 2.45) is 0 Å². The molecule has 0 fully saturated rings. The summed E-state index contributed by atoms with van der Waals surface area (Å²) in [5.41, 5.74) is -2.59. The van der Waals surface area contributed by atoms with Gasteiger partial charge in [0, 0.05) is 0 Å². The summed E-state index contributed by atoms with van der Waals surface area (Å²) >= 11 is 0. The number of hydrogen-bond donors (Lipinski definition) is 5. The summed E-state index contributed by atoms with van der Waals surface area (Å²) in [7, 11) is -14.7. The molecule has 0 atom stereocenters. The van der Waals surface area contributed by atoms with Gasteiger partial charge in [0.2, 0.25) is 0 Å². The van der Waals surface area contributed by atoms with Gasteiger partial charge in [-0.1, -0.05) is 0 Å². The van der Waals surface area contributed by atoms with Gasteiger partial charge in [0.05, 0.1) is 14.7 Å². The SMILES string of the molecule is O=C(O)c1cc(S(=O)(=O)O)ccc1OC(=O)c1cc(S(=O)(=O)O)ccc1Oc1ccc(S(=O)(=O)O)cc1C(=O)O. The first-order valence-corrected chi connectivity index (χ1v) is 14.3. The summed E-state index contributed by atoms with van der Waals surface area (Å²) in [4.78, 5) is 33.7. The number of aromatic carboxylic acids is 2. The van der Waals surface area contributed by atoms with Crippen LogP contribution in [-0.2, 0) is 30.4 Å². The molecule has 0 bridgehead atoms. The van der Waals surface area contributed by atoms with Gasteiger partial charge in [-0.15, -0.1) is 0 Å². The zero-order valence-corrected chi connectivity index (χ0v) is 21.6. The summed E-state index contributed by atoms with van der Waals surface area (Å²) in [5.74, 6) is -7.13. The molecular formula is C21H14O16S3. The van der Waals surface area contributed by atoms with Crippen LogP contribution in [0.5, 0.6) is 17.2 Å². The van der Waals surface area contributed by atoms with Crippen molar-refractivity contribution < 1.29 is 73.0 Å². The minimum atomic E-state index is -4.95. The van der Waals surface area contributed by atoms with Crippen molar-refractivity contribution in [3.63, 3.8) is 0 Å². The first-order valence-electron chi connectivity index (χ1n) is 10.0. The smallest absolute Gasteiger partial charge is 0.347 e. The molecule has 0 heterocycles. The third-order valence-corrected chi connectivity index (χ3v) is 7.40. The Kier molecular flexibility index (Phi) is 8.02. The molecule has 0 unspecified atom stereocenters. The van der Waals surface area contributed by atoms with Gasteiger partial charge in [-0.3, -0.25) is 13.7 Å². The summed E-state index contributed by atoms with van der Waals surface area (Å²) in [6, 6.07) is 5.93. The second-order valence-electron chi connectivity index (χ2n) is 7.50. The fourth-order valence-electron chi connectivity index (χ4n) is 3.04. The number of hydrogen-bond acceptors (Lipinski definition) is 11. The van der Waals surface area contributed by atoms with Crippen LogP contribution in [0, 0.1) is 0 Å². The molecular weight excluding hydrogens is 604 g/mol. The van der Waals surface area contributed by atoms with Crippen LogP contribution in [0.2, 0.25) is 0 Å². The van der Waals surface area contributed by atoms with E-state index in [1.54, 1.807) is 0 Å². The first-order chi connectivity index (χ1) is 18.3. The van der Waals surface area contributed by atoms with Gasteiger partial charge < -0.3 is 19.7 Å². The third-order valence-electron chi connectivity index (χ3n) is 4.85. The molecule has 19 heteroatoms. The Bertz CT molecular complexity index is 1890. The number of esters is 1. The van der Waals surface area contributed by atoms with Crippen molar-refractivity contribution in [1.29, 1.82) is 0 Å². The van der Waals surface area contributed by atoms with Gasteiger partial charge in [0.15, 0.2) is 0 Å². The first kappa shape index (κ1) is 30.1. The topological polar surface area (TPSA) is 273 Å². The van der Waals surface area contributed by atoms with E-state index in [9.17, 15) is 59.0 Å². The van der Waals surface area contributed by atoms with E-state index in [1.807, 2.05) is 0 Å². The molecule has 16 nitrogen and oxygen atoms in total. The van der Waals surface area contributed by atoms with Gasteiger partial charge in [-0.05, 0) is 54.6 Å². The highest BCUT2D eigenvalue weighted by Crippen LogP contribution is 2.33. The highest BCUT2D eigenvalue weighted by Gasteiger charge is 2.26. The maximum Gasteiger partial charge on any atom is 0.347 e. The average molecular weight is 619 g/mol. The van der Waals surface area contributed by atoms with E-state index in [2.05, 4.69) is 0 Å². The van der Waals surface area contributed by atoms with Gasteiger partial charge in [0.25, 0.3) is 30.4 Å². The molecule has 3 rings (SSSR count). The zero-order chi connectivity index (χ0) is 30.2. The van der Waals surface area contributed by atoms with Crippen LogP contribution in [-0.4, -0.2) is 67.0 Å². The molecule has 0 aliphatic heterocycles. The van der Waals surface area contributed by atoms with E-state index in [1.165, 1.54) is 0 Å². The third kappa shape index (κ3) is 6.77. The Labute approximate surface area is 224 Å². The van der Waals surface area contributed by atoms with Crippen LogP contribution >= 0.6 is 0 Å². The number of ether oxygens (including phenoxy) is 2. The number of carbonyl (C=O) groups is 3. The van der Waals surface area contributed by atoms with Crippen LogP contribution in [0.25, 0.3) is 0 Å². The molecule has 3 aromatic carbocycles. The van der Waals surface area contributed by atoms with Crippen molar-refractivity contribution in [3.05, 3.63) is 71.3 Å². The molecule has 0 saturated heterocycles. The largest absolute Gasteiger partial charge is 0.478 e. The Morgan fingerprint density at radius 1 is 0.525 bits per heavy atom. The van der Waals surface area contributed by atoms with E-state index < -0.39 is 96.9 Å². The second kappa shape index (κ2) is 10.6. The van der Waals surface area contributed by atoms with Gasteiger partial charge in [-0.2, -0.15) is 25.3 Å². The maximum absolute atomic E-state index is 13.0. The Hall–Kier alpha value is -4.40. The lowest BCUT2D eigenvalue weighted by molar-refractivity contribution is 0.0673. The van der Waals surface area contributed by atoms with Crippen molar-refractivity contribution in [3.8, 4) is 17.2 Å². The molecule has 0 spiro atoms. The number of carboxylic acid groups (broad SMARTS) is 2. The standard InChI is InChI=1S/C21H14O16S3/c22-19(23)13-7-10(38(27,28)29)1-4-16(13)36-18-6-3-12(40(33,34)35)9-15(18)21(26)37-17-5-2-11(39(30,31)32)8-14(17)20(24)25/h1-9H,(H,22,23)(H,24,25)(H,27,28,29)(H,30,31,32)(H,33,34,35). The van der Waals surface area contributed by atoms with Crippen molar-refractivity contribution >= 4 is 48.3 Å². The molecule has 0 radical (unpaired) electrons. The fraction of sp³-hybridized carbons (Fsp3) is 0. The van der Waals surface area contributed by atoms with E-state index in [0.717, 1.165) is 24.3 Å². The number of carbonyl (C=O) groups excluding carboxylic acids is 1. The molecule has 0 aliphatic rings. The molecule has 0 aliphatic carbocycles. The number of benzene rings is 3. The Morgan fingerprint density at radius 3 is 1.23 bits per heavy atom. The second-order valence-corrected chi connectivity index (χ2v) is 11.8. The summed E-state index contributed by atoms with van der Waals surface area (Å²) in [5, 5.41) is 18.8. The van der Waals surface area contributed by atoms with Crippen molar-refractivity contribution in [2.45, 2.75) is 14.7 Å². The predicted octanol–water partition coefficient (Wildman–Crippen LogP) is 1.83. The van der Waals surface area contributed by atoms with Crippen molar-refractivity contribution in [1.82, 2.24) is 0 Å². The average Bonchev–Trinajstić information content (AvgIpc) is 2.82. The Balaban J connectivity index is 2.15. The van der Waals surface area contributed by atoms with Crippen LogP contribution in [0.3, 0.4) is 0 Å². The van der Waals surface area contributed by atoms with Crippen LogP contribution in [0.1, 0.15) is 31.1 Å². The lowest BCUT2D eigenvalue weighted by Crippen LogP contribution is -2.14. The quantitative estimate of drug-likeness (QED) is 0.130. The summed E-state index contributed by atoms with van der Waals surface area (Å²) in [6.45, 7) is 0. The minimum Gasteiger partial charge on any atom is -0.478 e. The van der Waals surface area contributed by atoms with Crippen LogP contribution in [0.15, 0.2) is 69.3 Å². The summed E-state index contributed by atoms with van der Waals surface area (Å²) in [6.07, 6.45) is 0. The molecule has 5 N–H and O–H groups in total. The highest BCUT2D eigenvalue weighted by molar-refractivity contribution is 7.86. The molecule has 212 valence electrons. The predicted molar refractivity (Wildman–Crippen MR) is 128 cm³/mol. The monoisotopic (exact) mass is 618 g/mol. The fourth-order valence-corrected chi connectivity index (χ4v) is 4.56. The number of carboxylic acids is 2. The van der Waals surface area contributed by atoms with E-state index in [-0.39, 0.29) is 0 Å². The highest BCUT2D eigenvalue weighted by atomic mass is 32.2. The molecule has 0 saturated carbocycles. The summed E-state index contributed by atoms with van der Waals surface area (Å²) < 4.78 is 107. The van der Waals surface area contributed by atoms with Gasteiger partial charge in [0.1, 0.15) is 33.9 Å². The van der Waals surface area contributed by atoms with Crippen molar-refractivity contribution in [2.75, 3.05) is 0 Å². The van der Waals surface area contributed by atoms with E-state index in [0.29, 0.717) is 30.3 Å². The molecule has 40 heavy (non-hydrogen) atoms. The normalized spacial score (nSPS) is 12.0. The molecule has 3 aromatic rings. The zero-order valence-electron chi connectivity index (χ0n) is 19.1. The maximum atomic E-state index is 13.0. The lowest BCUT2D eigenvalue weighted by Gasteiger charge is -2.14. The van der Waals surface area contributed by atoms with Gasteiger partial charge in [-0.25, -0.2) is 14.4 Å².